The fourth-order valence-corrected chi connectivity index (χ4v) is 2.88. The average Bonchev–Trinajstić information content (AvgIpc) is 2.93. The summed E-state index contributed by atoms with van der Waals surface area (Å²) in [5, 5.41) is 9.81. The minimum Gasteiger partial charge on any atom is -0.457 e. The molecule has 3 rings (SSSR count). The fraction of sp³-hybridized carbons (Fsp3) is 0.0588. The lowest BCUT2D eigenvalue weighted by molar-refractivity contribution is 0.0474. The smallest absolute Gasteiger partial charge is 0.340 e. The van der Waals surface area contributed by atoms with Gasteiger partial charge in [0.2, 0.25) is 0 Å². The molecule has 0 atom stereocenters. The lowest BCUT2D eigenvalue weighted by atomic mass is 10.1. The maximum Gasteiger partial charge on any atom is 0.340 e. The molecule has 0 saturated heterocycles. The average molecular weight is 360 g/mol. The van der Waals surface area contributed by atoms with Gasteiger partial charge in [0.25, 0.3) is 0 Å². The molecule has 1 aromatic carbocycles. The third kappa shape index (κ3) is 2.90. The zero-order valence-electron chi connectivity index (χ0n) is 12.3. The van der Waals surface area contributed by atoms with Crippen molar-refractivity contribution >= 4 is 40.4 Å². The van der Waals surface area contributed by atoms with E-state index in [1.165, 1.54) is 12.1 Å². The van der Waals surface area contributed by atoms with Gasteiger partial charge in [-0.25, -0.2) is 4.79 Å². The third-order valence-corrected chi connectivity index (χ3v) is 4.08. The zero-order valence-corrected chi connectivity index (χ0v) is 13.8. The molecule has 3 aromatic rings. The van der Waals surface area contributed by atoms with Gasteiger partial charge in [-0.3, -0.25) is 0 Å². The summed E-state index contributed by atoms with van der Waals surface area (Å²) in [5.41, 5.74) is 7.79. The number of carbonyl (C=O) groups is 1. The number of pyridine rings is 1. The van der Waals surface area contributed by atoms with Crippen LogP contribution in [0, 0.1) is 11.3 Å². The number of nitrogens with two attached hydrogens (primary N) is 1. The number of esters is 1. The molecule has 0 bridgehead atoms. The Bertz CT molecular complexity index is 989. The molecule has 0 unspecified atom stereocenters. The van der Waals surface area contributed by atoms with Crippen LogP contribution in [0.2, 0.25) is 10.0 Å². The lowest BCUT2D eigenvalue weighted by Gasteiger charge is -2.08. The summed E-state index contributed by atoms with van der Waals surface area (Å²) < 4.78 is 7.07. The Morgan fingerprint density at radius 1 is 1.33 bits per heavy atom. The summed E-state index contributed by atoms with van der Waals surface area (Å²) in [4.78, 5) is 12.2. The van der Waals surface area contributed by atoms with Gasteiger partial charge in [0.1, 0.15) is 12.7 Å². The summed E-state index contributed by atoms with van der Waals surface area (Å²) >= 11 is 11.8. The van der Waals surface area contributed by atoms with Crippen LogP contribution in [0.25, 0.3) is 5.52 Å². The summed E-state index contributed by atoms with van der Waals surface area (Å²) in [6.07, 6.45) is 3.56. The Balaban J connectivity index is 1.87. The number of benzene rings is 1. The predicted molar refractivity (Wildman–Crippen MR) is 92.1 cm³/mol. The van der Waals surface area contributed by atoms with Crippen LogP contribution in [0.5, 0.6) is 0 Å². The van der Waals surface area contributed by atoms with Gasteiger partial charge in [-0.1, -0.05) is 29.3 Å². The number of ether oxygens (including phenoxy) is 1. The number of nitriles is 1. The van der Waals surface area contributed by atoms with Gasteiger partial charge in [0.05, 0.1) is 27.4 Å². The van der Waals surface area contributed by atoms with Crippen molar-refractivity contribution in [2.24, 2.45) is 0 Å². The molecule has 0 spiro atoms. The van der Waals surface area contributed by atoms with Crippen LogP contribution in [-0.2, 0) is 11.3 Å². The molecule has 120 valence electrons. The number of fused-ring (bicyclic) bond motifs is 1. The van der Waals surface area contributed by atoms with Gasteiger partial charge in [0, 0.05) is 23.0 Å². The van der Waals surface area contributed by atoms with Crippen molar-refractivity contribution < 1.29 is 9.53 Å². The highest BCUT2D eigenvalue weighted by atomic mass is 35.5. The molecule has 5 nitrogen and oxygen atoms in total. The molecular formula is C17H11Cl2N3O2. The monoisotopic (exact) mass is 359 g/mol. The van der Waals surface area contributed by atoms with Gasteiger partial charge >= 0.3 is 5.97 Å². The van der Waals surface area contributed by atoms with Crippen LogP contribution >= 0.6 is 23.2 Å². The summed E-state index contributed by atoms with van der Waals surface area (Å²) in [7, 11) is 0. The molecule has 0 radical (unpaired) electrons. The summed E-state index contributed by atoms with van der Waals surface area (Å²) in [6.45, 7) is -0.0625. The molecule has 0 aliphatic carbocycles. The van der Waals surface area contributed by atoms with E-state index < -0.39 is 5.97 Å². The van der Waals surface area contributed by atoms with E-state index >= 15 is 0 Å². The van der Waals surface area contributed by atoms with Crippen molar-refractivity contribution in [1.29, 1.82) is 5.26 Å². The molecule has 2 aromatic heterocycles. The van der Waals surface area contributed by atoms with Crippen LogP contribution in [0.3, 0.4) is 0 Å². The molecule has 2 heterocycles. The number of hydrogen-bond acceptors (Lipinski definition) is 4. The Morgan fingerprint density at radius 3 is 2.88 bits per heavy atom. The summed E-state index contributed by atoms with van der Waals surface area (Å²) in [5.74, 6) is -0.656. The van der Waals surface area contributed by atoms with Crippen LogP contribution in [0.4, 0.5) is 5.69 Å². The Kier molecular flexibility index (Phi) is 4.34. The highest BCUT2D eigenvalue weighted by Crippen LogP contribution is 2.28. The number of nitrogen functional groups attached to an aromatic ring is 1. The van der Waals surface area contributed by atoms with Crippen LogP contribution in [0.15, 0.2) is 42.7 Å². The number of carbonyl (C=O) groups excluding carboxylic acids is 1. The van der Waals surface area contributed by atoms with Crippen molar-refractivity contribution in [3.63, 3.8) is 0 Å². The lowest BCUT2D eigenvalue weighted by Crippen LogP contribution is -2.09. The normalized spacial score (nSPS) is 10.5. The number of halogens is 2. The first-order valence-electron chi connectivity index (χ1n) is 6.91. The van der Waals surface area contributed by atoms with Crippen molar-refractivity contribution in [2.45, 2.75) is 6.61 Å². The Labute approximate surface area is 147 Å². The molecular weight excluding hydrogens is 349 g/mol. The molecule has 0 aliphatic rings. The first kappa shape index (κ1) is 16.2. The van der Waals surface area contributed by atoms with E-state index in [0.29, 0.717) is 11.1 Å². The van der Waals surface area contributed by atoms with Crippen molar-refractivity contribution in [2.75, 3.05) is 5.73 Å². The summed E-state index contributed by atoms with van der Waals surface area (Å²) in [6, 6.07) is 10.5. The Morgan fingerprint density at radius 2 is 2.12 bits per heavy atom. The SMILES string of the molecule is N#Cc1c(COC(=O)c2cc(Cl)cc(Cl)c2N)cn2ccccc12. The quantitative estimate of drug-likeness (QED) is 0.564. The minimum atomic E-state index is -0.656. The minimum absolute atomic E-state index is 0.0625. The number of rotatable bonds is 3. The standard InChI is InChI=1S/C17H11Cl2N3O2/c18-11-5-12(16(21)14(19)6-11)17(23)24-9-10-8-22-4-2-1-3-15(22)13(10)7-20/h1-6,8H,9,21H2. The number of aromatic nitrogens is 1. The fourth-order valence-electron chi connectivity index (χ4n) is 2.39. The molecule has 2 N–H and O–H groups in total. The molecule has 0 aliphatic heterocycles. The number of nitrogens with zero attached hydrogens (tertiary/aromatic N) is 2. The first-order chi connectivity index (χ1) is 11.5. The molecule has 0 saturated carbocycles. The highest BCUT2D eigenvalue weighted by molar-refractivity contribution is 6.37. The van der Waals surface area contributed by atoms with Crippen molar-refractivity contribution in [1.82, 2.24) is 4.40 Å². The third-order valence-electron chi connectivity index (χ3n) is 3.55. The van der Waals surface area contributed by atoms with E-state index in [1.807, 2.05) is 24.4 Å². The number of hydrogen-bond donors (Lipinski definition) is 1. The second kappa shape index (κ2) is 6.44. The van der Waals surface area contributed by atoms with E-state index in [2.05, 4.69) is 6.07 Å². The molecule has 0 amide bonds. The van der Waals surface area contributed by atoms with Crippen LogP contribution < -0.4 is 5.73 Å². The maximum absolute atomic E-state index is 12.2. The van der Waals surface area contributed by atoms with Gasteiger partial charge in [0.15, 0.2) is 0 Å². The van der Waals surface area contributed by atoms with Gasteiger partial charge in [-0.05, 0) is 24.3 Å². The number of anilines is 1. The van der Waals surface area contributed by atoms with E-state index in [4.69, 9.17) is 33.7 Å². The molecule has 7 heteroatoms. The van der Waals surface area contributed by atoms with E-state index in [0.717, 1.165) is 5.52 Å². The van der Waals surface area contributed by atoms with Crippen LogP contribution in [-0.4, -0.2) is 10.4 Å². The van der Waals surface area contributed by atoms with Gasteiger partial charge < -0.3 is 14.9 Å². The zero-order chi connectivity index (χ0) is 17.3. The second-order valence-electron chi connectivity index (χ2n) is 5.06. The Hall–Kier alpha value is -2.68. The molecule has 0 fully saturated rings. The largest absolute Gasteiger partial charge is 0.457 e. The highest BCUT2D eigenvalue weighted by Gasteiger charge is 2.17. The second-order valence-corrected chi connectivity index (χ2v) is 5.90. The van der Waals surface area contributed by atoms with E-state index in [9.17, 15) is 10.1 Å². The topological polar surface area (TPSA) is 80.5 Å². The first-order valence-corrected chi connectivity index (χ1v) is 7.67. The van der Waals surface area contributed by atoms with Gasteiger partial charge in [-0.2, -0.15) is 5.26 Å². The van der Waals surface area contributed by atoms with Crippen molar-refractivity contribution in [3.05, 3.63) is 69.5 Å². The predicted octanol–water partition coefficient (Wildman–Crippen LogP) is 4.06. The van der Waals surface area contributed by atoms with E-state index in [1.54, 1.807) is 10.6 Å². The van der Waals surface area contributed by atoms with Crippen molar-refractivity contribution in [3.8, 4) is 6.07 Å². The van der Waals surface area contributed by atoms with Crippen LogP contribution in [0.1, 0.15) is 21.5 Å². The van der Waals surface area contributed by atoms with E-state index in [-0.39, 0.29) is 27.9 Å². The van der Waals surface area contributed by atoms with Gasteiger partial charge in [-0.15, -0.1) is 0 Å². The maximum atomic E-state index is 12.2. The molecule has 24 heavy (non-hydrogen) atoms.